The molecule has 0 spiro atoms. The van der Waals surface area contributed by atoms with Crippen LogP contribution in [-0.2, 0) is 0 Å². The molecule has 0 bridgehead atoms. The molecule has 0 radical (unpaired) electrons. The molecule has 1 aliphatic rings. The molecule has 5 heteroatoms. The molecule has 1 aromatic rings. The lowest BCUT2D eigenvalue weighted by Crippen LogP contribution is -2.52. The third kappa shape index (κ3) is 2.22. The Hall–Kier alpha value is -1.49. The van der Waals surface area contributed by atoms with Gasteiger partial charge in [-0.2, -0.15) is 0 Å². The second kappa shape index (κ2) is 5.02. The maximum absolute atomic E-state index is 13.9. The molecule has 0 unspecified atom stereocenters. The summed E-state index contributed by atoms with van der Waals surface area (Å²) in [4.78, 5) is 13.7. The summed E-state index contributed by atoms with van der Waals surface area (Å²) >= 11 is 0. The van der Waals surface area contributed by atoms with Crippen molar-refractivity contribution >= 4 is 5.91 Å². The predicted molar refractivity (Wildman–Crippen MR) is 64.5 cm³/mol. The summed E-state index contributed by atoms with van der Waals surface area (Å²) in [6.45, 7) is 5.13. The third-order valence-electron chi connectivity index (χ3n) is 3.26. The first-order valence-corrected chi connectivity index (χ1v) is 5.98. The average Bonchev–Trinajstić information content (AvgIpc) is 2.35. The number of halogens is 2. The van der Waals surface area contributed by atoms with Gasteiger partial charge < -0.3 is 10.2 Å². The second-order valence-electron chi connectivity index (χ2n) is 4.60. The first-order valence-electron chi connectivity index (χ1n) is 5.98. The van der Waals surface area contributed by atoms with E-state index in [4.69, 9.17) is 0 Å². The maximum Gasteiger partial charge on any atom is 0.260 e. The van der Waals surface area contributed by atoms with Crippen LogP contribution in [0.3, 0.4) is 0 Å². The molecule has 0 aromatic heterocycles. The van der Waals surface area contributed by atoms with Crippen LogP contribution in [0.15, 0.2) is 12.1 Å². The highest BCUT2D eigenvalue weighted by Crippen LogP contribution is 2.19. The van der Waals surface area contributed by atoms with E-state index in [9.17, 15) is 13.6 Å². The van der Waals surface area contributed by atoms with E-state index in [1.807, 2.05) is 6.92 Å². The number of hydrogen-bond donors (Lipinski definition) is 1. The van der Waals surface area contributed by atoms with Crippen molar-refractivity contribution in [2.75, 3.05) is 19.6 Å². The van der Waals surface area contributed by atoms with Crippen molar-refractivity contribution in [1.82, 2.24) is 10.2 Å². The van der Waals surface area contributed by atoms with Crippen molar-refractivity contribution in [3.63, 3.8) is 0 Å². The van der Waals surface area contributed by atoms with Crippen LogP contribution in [0.2, 0.25) is 0 Å². The minimum absolute atomic E-state index is 0.0643. The Balaban J connectivity index is 2.36. The molecule has 0 saturated carbocycles. The predicted octanol–water partition coefficient (Wildman–Crippen LogP) is 1.71. The van der Waals surface area contributed by atoms with E-state index in [0.29, 0.717) is 19.6 Å². The summed E-state index contributed by atoms with van der Waals surface area (Å²) in [6.07, 6.45) is 0. The largest absolute Gasteiger partial charge is 0.333 e. The Kier molecular flexibility index (Phi) is 3.61. The Bertz CT molecular complexity index is 476. The molecule has 1 fully saturated rings. The van der Waals surface area contributed by atoms with Gasteiger partial charge in [-0.15, -0.1) is 0 Å². The maximum atomic E-state index is 13.9. The van der Waals surface area contributed by atoms with E-state index in [0.717, 1.165) is 6.07 Å². The molecule has 0 aliphatic carbocycles. The molecule has 3 nitrogen and oxygen atoms in total. The first-order chi connectivity index (χ1) is 8.52. The minimum atomic E-state index is -0.797. The molecule has 1 atom stereocenters. The monoisotopic (exact) mass is 254 g/mol. The smallest absolute Gasteiger partial charge is 0.260 e. The fraction of sp³-hybridized carbons (Fsp3) is 0.462. The van der Waals surface area contributed by atoms with Crippen molar-refractivity contribution in [2.24, 2.45) is 0 Å². The summed E-state index contributed by atoms with van der Waals surface area (Å²) < 4.78 is 27.6. The summed E-state index contributed by atoms with van der Waals surface area (Å²) in [7, 11) is 0. The van der Waals surface area contributed by atoms with Gasteiger partial charge in [-0.1, -0.05) is 6.07 Å². The van der Waals surface area contributed by atoms with Crippen LogP contribution in [0.25, 0.3) is 0 Å². The zero-order valence-corrected chi connectivity index (χ0v) is 10.5. The highest BCUT2D eigenvalue weighted by atomic mass is 19.1. The van der Waals surface area contributed by atoms with Gasteiger partial charge >= 0.3 is 0 Å². The summed E-state index contributed by atoms with van der Waals surface area (Å²) in [5, 5.41) is 3.13. The van der Waals surface area contributed by atoms with Crippen LogP contribution in [0, 0.1) is 18.6 Å². The topological polar surface area (TPSA) is 32.3 Å². The summed E-state index contributed by atoms with van der Waals surface area (Å²) in [6, 6.07) is 2.41. The summed E-state index contributed by atoms with van der Waals surface area (Å²) in [5.41, 5.74) is -0.161. The lowest BCUT2D eigenvalue weighted by atomic mass is 10.1. The molecule has 1 amide bonds. The van der Waals surface area contributed by atoms with Crippen LogP contribution < -0.4 is 5.32 Å². The lowest BCUT2D eigenvalue weighted by Gasteiger charge is -2.34. The van der Waals surface area contributed by atoms with Crippen molar-refractivity contribution < 1.29 is 13.6 Å². The summed E-state index contributed by atoms with van der Waals surface area (Å²) in [5.74, 6) is -2.12. The van der Waals surface area contributed by atoms with Crippen molar-refractivity contribution in [2.45, 2.75) is 19.9 Å². The Morgan fingerprint density at radius 3 is 2.83 bits per heavy atom. The van der Waals surface area contributed by atoms with Crippen LogP contribution >= 0.6 is 0 Å². The Morgan fingerprint density at radius 2 is 2.17 bits per heavy atom. The lowest BCUT2D eigenvalue weighted by molar-refractivity contribution is 0.0645. The fourth-order valence-corrected chi connectivity index (χ4v) is 2.14. The molecule has 2 rings (SSSR count). The van der Waals surface area contributed by atoms with E-state index in [2.05, 4.69) is 5.32 Å². The van der Waals surface area contributed by atoms with E-state index in [1.165, 1.54) is 17.9 Å². The molecule has 98 valence electrons. The highest BCUT2D eigenvalue weighted by molar-refractivity contribution is 5.95. The molecule has 1 aromatic carbocycles. The number of rotatable bonds is 1. The average molecular weight is 254 g/mol. The van der Waals surface area contributed by atoms with E-state index >= 15 is 0 Å². The number of piperazine rings is 1. The third-order valence-corrected chi connectivity index (χ3v) is 3.26. The molecule has 1 aliphatic heterocycles. The number of carbonyl (C=O) groups excluding carboxylic acids is 1. The first kappa shape index (κ1) is 13.0. The van der Waals surface area contributed by atoms with Crippen molar-refractivity contribution in [3.05, 3.63) is 34.9 Å². The quantitative estimate of drug-likeness (QED) is 0.827. The number of aryl methyl sites for hydroxylation is 1. The molecular weight excluding hydrogens is 238 g/mol. The van der Waals surface area contributed by atoms with Gasteiger partial charge in [0.2, 0.25) is 0 Å². The number of nitrogens with zero attached hydrogens (tertiary/aromatic N) is 1. The van der Waals surface area contributed by atoms with Gasteiger partial charge in [0.15, 0.2) is 0 Å². The second-order valence-corrected chi connectivity index (χ2v) is 4.60. The van der Waals surface area contributed by atoms with E-state index in [1.54, 1.807) is 0 Å². The van der Waals surface area contributed by atoms with Gasteiger partial charge in [-0.05, 0) is 25.5 Å². The Morgan fingerprint density at radius 1 is 1.44 bits per heavy atom. The van der Waals surface area contributed by atoms with Gasteiger partial charge in [-0.25, -0.2) is 8.78 Å². The number of amides is 1. The molecule has 1 N–H and O–H groups in total. The van der Waals surface area contributed by atoms with Crippen LogP contribution in [0.5, 0.6) is 0 Å². The van der Waals surface area contributed by atoms with Gasteiger partial charge in [0, 0.05) is 25.7 Å². The number of carbonyl (C=O) groups is 1. The van der Waals surface area contributed by atoms with Crippen LogP contribution in [-0.4, -0.2) is 36.5 Å². The van der Waals surface area contributed by atoms with Gasteiger partial charge in [-0.3, -0.25) is 4.79 Å². The zero-order valence-electron chi connectivity index (χ0n) is 10.5. The Labute approximate surface area is 105 Å². The van der Waals surface area contributed by atoms with Gasteiger partial charge in [0.05, 0.1) is 0 Å². The van der Waals surface area contributed by atoms with E-state index in [-0.39, 0.29) is 11.6 Å². The zero-order chi connectivity index (χ0) is 13.3. The van der Waals surface area contributed by atoms with Crippen molar-refractivity contribution in [1.29, 1.82) is 0 Å². The number of hydrogen-bond acceptors (Lipinski definition) is 2. The standard InChI is InChI=1S/C13H16F2N2O/c1-8-3-4-10(14)11(12(8)15)13(18)17-6-5-16-7-9(17)2/h3-4,9,16H,5-7H2,1-2H3/t9-/m1/s1. The van der Waals surface area contributed by atoms with E-state index < -0.39 is 23.1 Å². The number of nitrogens with one attached hydrogen (secondary N) is 1. The van der Waals surface area contributed by atoms with Crippen LogP contribution in [0.1, 0.15) is 22.8 Å². The fourth-order valence-electron chi connectivity index (χ4n) is 2.14. The highest BCUT2D eigenvalue weighted by Gasteiger charge is 2.28. The SMILES string of the molecule is Cc1ccc(F)c(C(=O)N2CCNC[C@H]2C)c1F. The van der Waals surface area contributed by atoms with Crippen molar-refractivity contribution in [3.8, 4) is 0 Å². The van der Waals surface area contributed by atoms with Gasteiger partial charge in [0.25, 0.3) is 5.91 Å². The number of benzene rings is 1. The normalized spacial score (nSPS) is 20.0. The van der Waals surface area contributed by atoms with Gasteiger partial charge in [0.1, 0.15) is 17.2 Å². The molecule has 18 heavy (non-hydrogen) atoms. The molecule has 1 heterocycles. The molecule has 1 saturated heterocycles. The molecular formula is C13H16F2N2O. The minimum Gasteiger partial charge on any atom is -0.333 e. The van der Waals surface area contributed by atoms with Crippen LogP contribution in [0.4, 0.5) is 8.78 Å².